The minimum Gasteiger partial charge on any atom is -0.481 e. The van der Waals surface area contributed by atoms with E-state index in [4.69, 9.17) is 4.74 Å². The highest BCUT2D eigenvalue weighted by molar-refractivity contribution is 5.82. The third-order valence-corrected chi connectivity index (χ3v) is 6.88. The van der Waals surface area contributed by atoms with E-state index in [1.807, 2.05) is 13.0 Å². The van der Waals surface area contributed by atoms with Gasteiger partial charge >= 0.3 is 0 Å². The Morgan fingerprint density at radius 3 is 2.62 bits per heavy atom. The number of carbonyl (C=O) groups excluding carboxylic acids is 2. The van der Waals surface area contributed by atoms with Crippen LogP contribution >= 0.6 is 0 Å². The first-order chi connectivity index (χ1) is 16.4. The topological polar surface area (TPSA) is 58.6 Å². The van der Waals surface area contributed by atoms with Gasteiger partial charge in [0, 0.05) is 19.0 Å². The predicted molar refractivity (Wildman–Crippen MR) is 135 cm³/mol. The Morgan fingerprint density at radius 1 is 1.15 bits per heavy atom. The van der Waals surface area contributed by atoms with Crippen LogP contribution in [0.5, 0.6) is 5.75 Å². The van der Waals surface area contributed by atoms with Gasteiger partial charge in [-0.15, -0.1) is 0 Å². The highest BCUT2D eigenvalue weighted by Gasteiger charge is 2.39. The summed E-state index contributed by atoms with van der Waals surface area (Å²) >= 11 is 0. The average molecular weight is 463 g/mol. The monoisotopic (exact) mass is 462 g/mol. The number of amides is 2. The van der Waals surface area contributed by atoms with Gasteiger partial charge in [-0.2, -0.15) is 0 Å². The van der Waals surface area contributed by atoms with Gasteiger partial charge in [0.05, 0.1) is 6.04 Å². The Morgan fingerprint density at radius 2 is 1.94 bits per heavy atom. The zero-order valence-electron chi connectivity index (χ0n) is 21.0. The van der Waals surface area contributed by atoms with Crippen molar-refractivity contribution >= 4 is 11.8 Å². The van der Waals surface area contributed by atoms with Gasteiger partial charge in [-0.25, -0.2) is 0 Å². The summed E-state index contributed by atoms with van der Waals surface area (Å²) < 4.78 is 6.20. The maximum Gasteiger partial charge on any atom is 0.261 e. The van der Waals surface area contributed by atoms with Crippen LogP contribution < -0.4 is 10.1 Å². The number of ether oxygens (including phenoxy) is 1. The number of hydrogen-bond donors (Lipinski definition) is 1. The van der Waals surface area contributed by atoms with Crippen molar-refractivity contribution < 1.29 is 14.3 Å². The molecule has 4 rings (SSSR count). The van der Waals surface area contributed by atoms with E-state index in [1.165, 1.54) is 11.1 Å². The molecule has 2 aromatic carbocycles. The third-order valence-electron chi connectivity index (χ3n) is 6.88. The molecule has 2 aliphatic rings. The maximum absolute atomic E-state index is 13.2. The second kappa shape index (κ2) is 10.6. The standard InChI is InChI=1S/C29H38N2O3/c1-5-26(28(32)30-15-13-19(2)3)34-24-12-11-21-14-16-31(29(33)22-9-10-22)27(25(21)18-24)23-8-6-7-20(4)17-23/h6-8,11-12,17-19,22,26-27H,5,9-10,13-16H2,1-4H3,(H,30,32)/t26-,27-/m0/s1. The van der Waals surface area contributed by atoms with Gasteiger partial charge in [0.1, 0.15) is 5.75 Å². The van der Waals surface area contributed by atoms with Gasteiger partial charge in [0.15, 0.2) is 6.10 Å². The molecule has 5 heteroatoms. The van der Waals surface area contributed by atoms with Gasteiger partial charge in [0.25, 0.3) is 5.91 Å². The molecule has 0 aromatic heterocycles. The minimum atomic E-state index is -0.532. The van der Waals surface area contributed by atoms with E-state index in [2.05, 4.69) is 67.4 Å². The molecular weight excluding hydrogens is 424 g/mol. The highest BCUT2D eigenvalue weighted by Crippen LogP contribution is 2.41. The molecule has 0 radical (unpaired) electrons. The summed E-state index contributed by atoms with van der Waals surface area (Å²) in [5.41, 5.74) is 4.66. The first-order valence-electron chi connectivity index (χ1n) is 12.8. The van der Waals surface area contributed by atoms with Gasteiger partial charge in [-0.3, -0.25) is 9.59 Å². The first-order valence-corrected chi connectivity index (χ1v) is 12.8. The quantitative estimate of drug-likeness (QED) is 0.557. The fourth-order valence-corrected chi connectivity index (χ4v) is 4.75. The Bertz CT molecular complexity index is 1030. The molecule has 2 aromatic rings. The molecule has 5 nitrogen and oxygen atoms in total. The van der Waals surface area contributed by atoms with Crippen LogP contribution in [-0.4, -0.2) is 35.9 Å². The van der Waals surface area contributed by atoms with Crippen molar-refractivity contribution in [1.82, 2.24) is 10.2 Å². The van der Waals surface area contributed by atoms with Crippen molar-refractivity contribution in [2.75, 3.05) is 13.1 Å². The maximum atomic E-state index is 13.2. The lowest BCUT2D eigenvalue weighted by atomic mass is 9.87. The lowest BCUT2D eigenvalue weighted by molar-refractivity contribution is -0.134. The number of rotatable bonds is 9. The number of aryl methyl sites for hydroxylation is 1. The fraction of sp³-hybridized carbons (Fsp3) is 0.517. The van der Waals surface area contributed by atoms with Crippen LogP contribution in [0.3, 0.4) is 0 Å². The first kappa shape index (κ1) is 24.3. The largest absolute Gasteiger partial charge is 0.481 e. The van der Waals surface area contributed by atoms with Crippen LogP contribution in [-0.2, 0) is 16.0 Å². The smallest absolute Gasteiger partial charge is 0.261 e. The molecule has 1 fully saturated rings. The Kier molecular flexibility index (Phi) is 7.60. The number of benzene rings is 2. The van der Waals surface area contributed by atoms with Crippen molar-refractivity contribution in [2.24, 2.45) is 11.8 Å². The zero-order valence-corrected chi connectivity index (χ0v) is 21.0. The van der Waals surface area contributed by atoms with Crippen molar-refractivity contribution in [3.63, 3.8) is 0 Å². The molecule has 1 aliphatic carbocycles. The molecule has 182 valence electrons. The van der Waals surface area contributed by atoms with Crippen molar-refractivity contribution in [2.45, 2.75) is 71.9 Å². The molecule has 0 spiro atoms. The van der Waals surface area contributed by atoms with Gasteiger partial charge in [-0.1, -0.05) is 56.7 Å². The summed E-state index contributed by atoms with van der Waals surface area (Å²) in [6.45, 7) is 9.75. The van der Waals surface area contributed by atoms with E-state index in [0.29, 0.717) is 24.6 Å². The van der Waals surface area contributed by atoms with Crippen molar-refractivity contribution in [1.29, 1.82) is 0 Å². The molecule has 1 saturated carbocycles. The minimum absolute atomic E-state index is 0.0679. The number of nitrogens with one attached hydrogen (secondary N) is 1. The molecule has 0 unspecified atom stereocenters. The van der Waals surface area contributed by atoms with Gasteiger partial charge in [0.2, 0.25) is 5.91 Å². The summed E-state index contributed by atoms with van der Waals surface area (Å²) in [5, 5.41) is 3.01. The molecule has 0 bridgehead atoms. The molecule has 1 heterocycles. The zero-order chi connectivity index (χ0) is 24.2. The Balaban J connectivity index is 1.60. The number of carbonyl (C=O) groups is 2. The van der Waals surface area contributed by atoms with Crippen LogP contribution in [0.4, 0.5) is 0 Å². The summed E-state index contributed by atoms with van der Waals surface area (Å²) in [6, 6.07) is 14.4. The Labute approximate surface area is 203 Å². The number of fused-ring (bicyclic) bond motifs is 1. The van der Waals surface area contributed by atoms with E-state index in [9.17, 15) is 9.59 Å². The molecule has 1 aliphatic heterocycles. The normalized spacial score (nSPS) is 18.4. The van der Waals surface area contributed by atoms with Gasteiger partial charge < -0.3 is 15.0 Å². The lowest BCUT2D eigenvalue weighted by Gasteiger charge is -2.38. The molecule has 2 amide bonds. The number of hydrogen-bond acceptors (Lipinski definition) is 3. The van der Waals surface area contributed by atoms with E-state index in [-0.39, 0.29) is 23.8 Å². The van der Waals surface area contributed by atoms with E-state index in [0.717, 1.165) is 43.4 Å². The molecule has 34 heavy (non-hydrogen) atoms. The van der Waals surface area contributed by atoms with Crippen LogP contribution in [0.1, 0.15) is 74.8 Å². The van der Waals surface area contributed by atoms with Crippen LogP contribution in [0.25, 0.3) is 0 Å². The summed E-state index contributed by atoms with van der Waals surface area (Å²) in [7, 11) is 0. The molecular formula is C29H38N2O3. The lowest BCUT2D eigenvalue weighted by Crippen LogP contribution is -2.41. The summed E-state index contributed by atoms with van der Waals surface area (Å²) in [4.78, 5) is 28.0. The van der Waals surface area contributed by atoms with E-state index in [1.54, 1.807) is 0 Å². The van der Waals surface area contributed by atoms with Crippen LogP contribution in [0.2, 0.25) is 0 Å². The summed E-state index contributed by atoms with van der Waals surface area (Å²) in [5.74, 6) is 1.60. The SMILES string of the molecule is CC[C@H](Oc1ccc2c(c1)[C@H](c1cccc(C)c1)N(C(=O)C1CC1)CC2)C(=O)NCCC(C)C. The highest BCUT2D eigenvalue weighted by atomic mass is 16.5. The second-order valence-electron chi connectivity index (χ2n) is 10.2. The second-order valence-corrected chi connectivity index (χ2v) is 10.2. The van der Waals surface area contributed by atoms with Gasteiger partial charge in [-0.05, 0) is 73.8 Å². The fourth-order valence-electron chi connectivity index (χ4n) is 4.75. The van der Waals surface area contributed by atoms with Crippen LogP contribution in [0, 0.1) is 18.8 Å². The average Bonchev–Trinajstić information content (AvgIpc) is 3.66. The number of nitrogens with zero attached hydrogens (tertiary/aromatic N) is 1. The molecule has 1 N–H and O–H groups in total. The van der Waals surface area contributed by atoms with Crippen molar-refractivity contribution in [3.05, 3.63) is 64.7 Å². The Hall–Kier alpha value is -2.82. The van der Waals surface area contributed by atoms with E-state index < -0.39 is 6.10 Å². The summed E-state index contributed by atoms with van der Waals surface area (Å²) in [6.07, 6.45) is 3.84. The molecule has 2 atom stereocenters. The molecule has 0 saturated heterocycles. The van der Waals surface area contributed by atoms with Crippen LogP contribution in [0.15, 0.2) is 42.5 Å². The third kappa shape index (κ3) is 5.63. The van der Waals surface area contributed by atoms with Crippen molar-refractivity contribution in [3.8, 4) is 5.75 Å². The predicted octanol–water partition coefficient (Wildman–Crippen LogP) is 5.20. The van der Waals surface area contributed by atoms with E-state index >= 15 is 0 Å².